The maximum Gasteiger partial charge on any atom is 0.354 e. The van der Waals surface area contributed by atoms with E-state index in [0.717, 1.165) is 0 Å². The Morgan fingerprint density at radius 3 is 2.56 bits per heavy atom. The van der Waals surface area contributed by atoms with Crippen molar-refractivity contribution >= 4 is 52.7 Å². The fourth-order valence-electron chi connectivity index (χ4n) is 2.98. The lowest BCUT2D eigenvalue weighted by Gasteiger charge is -2.50. The van der Waals surface area contributed by atoms with Crippen molar-refractivity contribution in [2.75, 3.05) is 7.11 Å². The first-order chi connectivity index (χ1) is 12.8. The summed E-state index contributed by atoms with van der Waals surface area (Å²) in [6, 6.07) is 4.27. The molecular formula is C17H17Cl2N3O4S. The maximum absolute atomic E-state index is 12.5. The molecule has 144 valence electrons. The van der Waals surface area contributed by atoms with Crippen LogP contribution in [0.1, 0.15) is 12.5 Å². The van der Waals surface area contributed by atoms with Crippen LogP contribution in [0.4, 0.5) is 0 Å². The zero-order chi connectivity index (χ0) is 19.9. The fraction of sp³-hybridized carbons (Fsp3) is 0.353. The van der Waals surface area contributed by atoms with Crippen LogP contribution in [0, 0.1) is 0 Å². The Morgan fingerprint density at radius 1 is 1.33 bits per heavy atom. The van der Waals surface area contributed by atoms with Gasteiger partial charge in [0.2, 0.25) is 11.8 Å². The molecule has 3 atom stereocenters. The minimum Gasteiger partial charge on any atom is -0.464 e. The predicted molar refractivity (Wildman–Crippen MR) is 103 cm³/mol. The number of hydrogen-bond acceptors (Lipinski definition) is 6. The minimum absolute atomic E-state index is 0.0181. The van der Waals surface area contributed by atoms with Crippen molar-refractivity contribution in [3.63, 3.8) is 0 Å². The predicted octanol–water partition coefficient (Wildman–Crippen LogP) is 1.67. The van der Waals surface area contributed by atoms with Gasteiger partial charge in [-0.1, -0.05) is 29.3 Å². The number of methoxy groups -OCH3 is 1. The van der Waals surface area contributed by atoms with Gasteiger partial charge in [-0.25, -0.2) is 4.79 Å². The normalized spacial score (nSPS) is 24.3. The minimum atomic E-state index is -0.736. The van der Waals surface area contributed by atoms with Gasteiger partial charge in [-0.3, -0.25) is 14.5 Å². The molecule has 7 nitrogen and oxygen atoms in total. The van der Waals surface area contributed by atoms with Crippen LogP contribution < -0.4 is 11.1 Å². The number of ether oxygens (including phenoxy) is 1. The number of nitrogens with one attached hydrogen (secondary N) is 1. The van der Waals surface area contributed by atoms with E-state index in [1.807, 2.05) is 0 Å². The Kier molecular flexibility index (Phi) is 5.71. The maximum atomic E-state index is 12.5. The van der Waals surface area contributed by atoms with Crippen LogP contribution in [0.15, 0.2) is 29.5 Å². The highest BCUT2D eigenvalue weighted by molar-refractivity contribution is 8.00. The Hall–Kier alpha value is -1.74. The number of β-lactam (4-membered cyclic amide) rings is 1. The van der Waals surface area contributed by atoms with Gasteiger partial charge in [0.15, 0.2) is 0 Å². The zero-order valence-corrected chi connectivity index (χ0v) is 16.8. The summed E-state index contributed by atoms with van der Waals surface area (Å²) in [5.41, 5.74) is 7.00. The second kappa shape index (κ2) is 7.71. The first-order valence-corrected chi connectivity index (χ1v) is 9.71. The molecular weight excluding hydrogens is 413 g/mol. The molecule has 0 radical (unpaired) electrons. The van der Waals surface area contributed by atoms with Crippen LogP contribution in [0.2, 0.25) is 10.0 Å². The van der Waals surface area contributed by atoms with E-state index in [-0.39, 0.29) is 23.9 Å². The van der Waals surface area contributed by atoms with Gasteiger partial charge in [0.25, 0.3) is 0 Å². The third kappa shape index (κ3) is 3.54. The number of nitrogens with zero attached hydrogens (tertiary/aromatic N) is 1. The van der Waals surface area contributed by atoms with Crippen LogP contribution in [0.5, 0.6) is 0 Å². The van der Waals surface area contributed by atoms with Gasteiger partial charge in [-0.15, -0.1) is 11.8 Å². The Morgan fingerprint density at radius 2 is 1.96 bits per heavy atom. The van der Waals surface area contributed by atoms with E-state index in [1.54, 1.807) is 25.1 Å². The van der Waals surface area contributed by atoms with E-state index in [9.17, 15) is 14.4 Å². The zero-order valence-electron chi connectivity index (χ0n) is 14.5. The SMILES string of the molecule is COC(=O)C1=C(C)C(NC(=O)Cc2c(Cl)cccc2Cl)S[C@@H]2C(N)C(=O)N12. The molecule has 27 heavy (non-hydrogen) atoms. The van der Waals surface area contributed by atoms with Crippen LogP contribution >= 0.6 is 35.0 Å². The summed E-state index contributed by atoms with van der Waals surface area (Å²) in [5.74, 6) is -1.31. The van der Waals surface area contributed by atoms with Crippen molar-refractivity contribution in [2.24, 2.45) is 5.73 Å². The number of hydrogen-bond donors (Lipinski definition) is 2. The van der Waals surface area contributed by atoms with Crippen LogP contribution in [-0.4, -0.2) is 46.6 Å². The lowest BCUT2D eigenvalue weighted by atomic mass is 10.0. The van der Waals surface area contributed by atoms with Gasteiger partial charge < -0.3 is 15.8 Å². The average molecular weight is 430 g/mol. The van der Waals surface area contributed by atoms with E-state index in [0.29, 0.717) is 21.2 Å². The molecule has 10 heteroatoms. The number of benzene rings is 1. The molecule has 2 aliphatic heterocycles. The molecule has 2 aliphatic rings. The van der Waals surface area contributed by atoms with Crippen LogP contribution in [-0.2, 0) is 25.5 Å². The third-order valence-corrected chi connectivity index (χ3v) is 6.67. The average Bonchev–Trinajstić information content (AvgIpc) is 2.65. The fourth-order valence-corrected chi connectivity index (χ4v) is 4.92. The van der Waals surface area contributed by atoms with Gasteiger partial charge in [0, 0.05) is 10.0 Å². The molecule has 2 unspecified atom stereocenters. The van der Waals surface area contributed by atoms with Gasteiger partial charge in [-0.05, 0) is 30.2 Å². The molecule has 0 aromatic heterocycles. The molecule has 0 saturated carbocycles. The van der Waals surface area contributed by atoms with E-state index >= 15 is 0 Å². The van der Waals surface area contributed by atoms with Crippen molar-refractivity contribution < 1.29 is 19.1 Å². The second-order valence-corrected chi connectivity index (χ2v) is 8.15. The number of nitrogens with two attached hydrogens (primary N) is 1. The largest absolute Gasteiger partial charge is 0.464 e. The van der Waals surface area contributed by atoms with E-state index in [2.05, 4.69) is 5.32 Å². The van der Waals surface area contributed by atoms with Crippen LogP contribution in [0.25, 0.3) is 0 Å². The summed E-state index contributed by atoms with van der Waals surface area (Å²) >= 11 is 13.5. The molecule has 0 aliphatic carbocycles. The van der Waals surface area contributed by atoms with Crippen molar-refractivity contribution in [1.29, 1.82) is 0 Å². The van der Waals surface area contributed by atoms with Gasteiger partial charge in [-0.2, -0.15) is 0 Å². The molecule has 1 saturated heterocycles. The molecule has 1 fully saturated rings. The van der Waals surface area contributed by atoms with E-state index in [1.165, 1.54) is 23.8 Å². The number of fused-ring (bicyclic) bond motifs is 1. The Balaban J connectivity index is 1.82. The van der Waals surface area contributed by atoms with Gasteiger partial charge in [0.05, 0.1) is 13.5 Å². The first kappa shape index (κ1) is 20.0. The smallest absolute Gasteiger partial charge is 0.354 e. The molecule has 0 spiro atoms. The highest BCUT2D eigenvalue weighted by Gasteiger charge is 2.53. The second-order valence-electron chi connectivity index (χ2n) is 6.11. The number of amides is 2. The molecule has 1 aromatic carbocycles. The topological polar surface area (TPSA) is 102 Å². The molecule has 3 rings (SSSR count). The van der Waals surface area contributed by atoms with Crippen molar-refractivity contribution in [3.05, 3.63) is 45.1 Å². The highest BCUT2D eigenvalue weighted by atomic mass is 35.5. The van der Waals surface area contributed by atoms with E-state index < -0.39 is 22.8 Å². The molecule has 2 amide bonds. The highest BCUT2D eigenvalue weighted by Crippen LogP contribution is 2.42. The monoisotopic (exact) mass is 429 g/mol. The summed E-state index contributed by atoms with van der Waals surface area (Å²) < 4.78 is 4.79. The molecule has 1 aromatic rings. The van der Waals surface area contributed by atoms with Gasteiger partial charge >= 0.3 is 5.97 Å². The summed E-state index contributed by atoms with van der Waals surface area (Å²) in [6.45, 7) is 1.67. The molecule has 2 heterocycles. The molecule has 3 N–H and O–H groups in total. The summed E-state index contributed by atoms with van der Waals surface area (Å²) in [7, 11) is 1.23. The van der Waals surface area contributed by atoms with Crippen molar-refractivity contribution in [1.82, 2.24) is 10.2 Å². The standard InChI is InChI=1S/C17H17Cl2N3O4S/c1-7-13(17(25)26-2)22-15(24)12(20)16(22)27-14(7)21-11(23)6-8-9(18)4-3-5-10(8)19/h3-5,12,14,16H,6,20H2,1-2H3,(H,21,23)/t12?,14?,16-/m1/s1. The number of rotatable bonds is 4. The summed E-state index contributed by atoms with van der Waals surface area (Å²) in [4.78, 5) is 38.1. The third-order valence-electron chi connectivity index (χ3n) is 4.44. The Bertz CT molecular complexity index is 840. The Labute approximate surface area is 170 Å². The number of thioether (sulfide) groups is 1. The van der Waals surface area contributed by atoms with Crippen molar-refractivity contribution in [3.8, 4) is 0 Å². The molecule has 0 bridgehead atoms. The number of carbonyl (C=O) groups is 3. The summed E-state index contributed by atoms with van der Waals surface area (Å²) in [6.07, 6.45) is -0.0181. The first-order valence-electron chi connectivity index (χ1n) is 8.01. The van der Waals surface area contributed by atoms with Gasteiger partial charge in [0.1, 0.15) is 22.5 Å². The van der Waals surface area contributed by atoms with E-state index in [4.69, 9.17) is 33.7 Å². The number of carbonyl (C=O) groups excluding carboxylic acids is 3. The lowest BCUT2D eigenvalue weighted by Crippen LogP contribution is -2.69. The van der Waals surface area contributed by atoms with Crippen LogP contribution in [0.3, 0.4) is 0 Å². The number of halogens is 2. The lowest BCUT2D eigenvalue weighted by molar-refractivity contribution is -0.149. The number of esters is 1. The summed E-state index contributed by atoms with van der Waals surface area (Å²) in [5, 5.41) is 2.67. The quantitative estimate of drug-likeness (QED) is 0.557. The van der Waals surface area contributed by atoms with Crippen molar-refractivity contribution in [2.45, 2.75) is 30.1 Å².